The van der Waals surface area contributed by atoms with Crippen molar-refractivity contribution in [1.29, 1.82) is 0 Å². The molecular weight excluding hydrogens is 312 g/mol. The summed E-state index contributed by atoms with van der Waals surface area (Å²) in [6.45, 7) is 0. The molecule has 0 amide bonds. The molecule has 1 saturated carbocycles. The Hall–Kier alpha value is -0.290. The van der Waals surface area contributed by atoms with Crippen molar-refractivity contribution in [2.24, 2.45) is 5.41 Å². The highest BCUT2D eigenvalue weighted by molar-refractivity contribution is 9.09. The second-order valence-electron chi connectivity index (χ2n) is 5.08. The number of thioether (sulfide) groups is 1. The molecule has 0 saturated heterocycles. The van der Waals surface area contributed by atoms with Crippen LogP contribution < -0.4 is 5.56 Å². The summed E-state index contributed by atoms with van der Waals surface area (Å²) in [4.78, 5) is 18.2. The fraction of sp³-hybridized carbons (Fsp3) is 0.692. The zero-order chi connectivity index (χ0) is 12.8. The van der Waals surface area contributed by atoms with E-state index in [0.29, 0.717) is 5.41 Å². The van der Waals surface area contributed by atoms with Gasteiger partial charge in [-0.15, -0.1) is 0 Å². The first kappa shape index (κ1) is 14.1. The largest absolute Gasteiger partial charge is 0.301 e. The molecule has 1 aromatic rings. The van der Waals surface area contributed by atoms with Gasteiger partial charge in [0.25, 0.3) is 5.56 Å². The summed E-state index contributed by atoms with van der Waals surface area (Å²) in [6, 6.07) is 1.45. The molecule has 1 heterocycles. The van der Waals surface area contributed by atoms with Gasteiger partial charge in [-0.1, -0.05) is 53.4 Å². The molecule has 1 N–H and O–H groups in total. The monoisotopic (exact) mass is 330 g/mol. The van der Waals surface area contributed by atoms with Crippen molar-refractivity contribution in [2.75, 3.05) is 11.1 Å². The first-order valence-electron chi connectivity index (χ1n) is 6.48. The van der Waals surface area contributed by atoms with Crippen molar-refractivity contribution in [2.45, 2.75) is 43.7 Å². The standard InChI is InChI=1S/C13H19BrN2OS/c14-9-13(6-3-1-2-4-7-13)10-18-12-15-8-5-11(17)16-12/h5,8H,1-4,6-7,9-10H2,(H,15,16,17). The summed E-state index contributed by atoms with van der Waals surface area (Å²) < 4.78 is 0. The molecule has 18 heavy (non-hydrogen) atoms. The minimum atomic E-state index is -0.0683. The number of alkyl halides is 1. The van der Waals surface area contributed by atoms with Crippen LogP contribution in [-0.4, -0.2) is 21.1 Å². The van der Waals surface area contributed by atoms with Crippen LogP contribution in [0.5, 0.6) is 0 Å². The Morgan fingerprint density at radius 1 is 1.33 bits per heavy atom. The third kappa shape index (κ3) is 3.85. The van der Waals surface area contributed by atoms with E-state index >= 15 is 0 Å². The molecular formula is C13H19BrN2OS. The first-order chi connectivity index (χ1) is 8.74. The average Bonchev–Trinajstić information content (AvgIpc) is 2.63. The molecule has 0 bridgehead atoms. The third-order valence-electron chi connectivity index (χ3n) is 3.61. The number of hydrogen-bond donors (Lipinski definition) is 1. The molecule has 2 rings (SSSR count). The number of hydrogen-bond acceptors (Lipinski definition) is 3. The first-order valence-corrected chi connectivity index (χ1v) is 8.59. The molecule has 0 unspecified atom stereocenters. The Bertz CT molecular complexity index is 427. The van der Waals surface area contributed by atoms with Crippen LogP contribution in [0.3, 0.4) is 0 Å². The quantitative estimate of drug-likeness (QED) is 0.397. The summed E-state index contributed by atoms with van der Waals surface area (Å²) in [5, 5.41) is 1.79. The fourth-order valence-corrected chi connectivity index (χ4v) is 4.61. The maximum Gasteiger partial charge on any atom is 0.251 e. The molecule has 1 aliphatic rings. The fourth-order valence-electron chi connectivity index (χ4n) is 2.44. The van der Waals surface area contributed by atoms with Gasteiger partial charge in [-0.2, -0.15) is 0 Å². The summed E-state index contributed by atoms with van der Waals surface area (Å²) in [7, 11) is 0. The van der Waals surface area contributed by atoms with E-state index in [1.165, 1.54) is 44.6 Å². The van der Waals surface area contributed by atoms with Crippen molar-refractivity contribution in [3.05, 3.63) is 22.6 Å². The molecule has 0 aromatic carbocycles. The van der Waals surface area contributed by atoms with Gasteiger partial charge >= 0.3 is 0 Å². The van der Waals surface area contributed by atoms with E-state index in [1.54, 1.807) is 18.0 Å². The van der Waals surface area contributed by atoms with E-state index < -0.39 is 0 Å². The van der Waals surface area contributed by atoms with Gasteiger partial charge in [0, 0.05) is 23.3 Å². The van der Waals surface area contributed by atoms with Gasteiger partial charge in [0.2, 0.25) is 0 Å². The van der Waals surface area contributed by atoms with Gasteiger partial charge in [0.1, 0.15) is 0 Å². The van der Waals surface area contributed by atoms with Crippen molar-refractivity contribution in [1.82, 2.24) is 9.97 Å². The maximum atomic E-state index is 11.2. The summed E-state index contributed by atoms with van der Waals surface area (Å²) in [5.74, 6) is 1.03. The Labute approximate surface area is 120 Å². The van der Waals surface area contributed by atoms with Crippen molar-refractivity contribution < 1.29 is 0 Å². The highest BCUT2D eigenvalue weighted by Gasteiger charge is 2.30. The second kappa shape index (κ2) is 6.75. The number of nitrogens with one attached hydrogen (secondary N) is 1. The normalized spacial score (nSPS) is 19.4. The van der Waals surface area contributed by atoms with E-state index in [0.717, 1.165) is 16.2 Å². The lowest BCUT2D eigenvalue weighted by Crippen LogP contribution is -2.25. The van der Waals surface area contributed by atoms with Gasteiger partial charge in [0.05, 0.1) is 0 Å². The van der Waals surface area contributed by atoms with Crippen LogP contribution in [0.1, 0.15) is 38.5 Å². The lowest BCUT2D eigenvalue weighted by molar-refractivity contribution is 0.334. The van der Waals surface area contributed by atoms with E-state index in [1.807, 2.05) is 0 Å². The predicted molar refractivity (Wildman–Crippen MR) is 79.5 cm³/mol. The van der Waals surface area contributed by atoms with Crippen molar-refractivity contribution in [3.63, 3.8) is 0 Å². The van der Waals surface area contributed by atoms with Crippen LogP contribution >= 0.6 is 27.7 Å². The molecule has 100 valence electrons. The lowest BCUT2D eigenvalue weighted by Gasteiger charge is -2.30. The molecule has 5 heteroatoms. The molecule has 1 fully saturated rings. The molecule has 3 nitrogen and oxygen atoms in total. The second-order valence-corrected chi connectivity index (χ2v) is 6.60. The highest BCUT2D eigenvalue weighted by atomic mass is 79.9. The van der Waals surface area contributed by atoms with Gasteiger partial charge < -0.3 is 4.98 Å². The van der Waals surface area contributed by atoms with Gasteiger partial charge in [-0.05, 0) is 18.3 Å². The van der Waals surface area contributed by atoms with Gasteiger partial charge in [-0.25, -0.2) is 4.98 Å². The van der Waals surface area contributed by atoms with E-state index in [4.69, 9.17) is 0 Å². The number of aromatic nitrogens is 2. The van der Waals surface area contributed by atoms with Crippen molar-refractivity contribution in [3.8, 4) is 0 Å². The van der Waals surface area contributed by atoms with Crippen LogP contribution in [0.15, 0.2) is 22.2 Å². The summed E-state index contributed by atoms with van der Waals surface area (Å²) in [5.41, 5.74) is 0.302. The Morgan fingerprint density at radius 2 is 2.06 bits per heavy atom. The maximum absolute atomic E-state index is 11.2. The van der Waals surface area contributed by atoms with Crippen LogP contribution in [0.4, 0.5) is 0 Å². The molecule has 0 spiro atoms. The van der Waals surface area contributed by atoms with E-state index in [2.05, 4.69) is 25.9 Å². The Balaban J connectivity index is 1.99. The minimum absolute atomic E-state index is 0.0683. The zero-order valence-electron chi connectivity index (χ0n) is 10.5. The summed E-state index contributed by atoms with van der Waals surface area (Å²) >= 11 is 5.36. The van der Waals surface area contributed by atoms with E-state index in [9.17, 15) is 4.79 Å². The Kier molecular flexibility index (Phi) is 5.30. The number of rotatable bonds is 4. The average molecular weight is 331 g/mol. The smallest absolute Gasteiger partial charge is 0.251 e. The topological polar surface area (TPSA) is 45.8 Å². The summed E-state index contributed by atoms with van der Waals surface area (Å²) in [6.07, 6.45) is 9.51. The number of halogens is 1. The third-order valence-corrected chi connectivity index (χ3v) is 6.04. The predicted octanol–water partition coefficient (Wildman–Crippen LogP) is 3.60. The SMILES string of the molecule is O=c1ccnc(SCC2(CBr)CCCCCC2)[nH]1. The highest BCUT2D eigenvalue weighted by Crippen LogP contribution is 2.40. The number of aromatic amines is 1. The molecule has 1 aliphatic carbocycles. The minimum Gasteiger partial charge on any atom is -0.301 e. The zero-order valence-corrected chi connectivity index (χ0v) is 12.9. The van der Waals surface area contributed by atoms with Crippen molar-refractivity contribution >= 4 is 27.7 Å². The molecule has 0 aliphatic heterocycles. The van der Waals surface area contributed by atoms with Gasteiger partial charge in [-0.3, -0.25) is 4.79 Å². The van der Waals surface area contributed by atoms with E-state index in [-0.39, 0.29) is 5.56 Å². The number of H-pyrrole nitrogens is 1. The van der Waals surface area contributed by atoms with Crippen LogP contribution in [0.25, 0.3) is 0 Å². The molecule has 0 radical (unpaired) electrons. The lowest BCUT2D eigenvalue weighted by atomic mass is 9.85. The Morgan fingerprint density at radius 3 is 2.67 bits per heavy atom. The van der Waals surface area contributed by atoms with Gasteiger partial charge in [0.15, 0.2) is 5.16 Å². The molecule has 0 atom stereocenters. The van der Waals surface area contributed by atoms with Crippen LogP contribution in [0.2, 0.25) is 0 Å². The van der Waals surface area contributed by atoms with Crippen LogP contribution in [0, 0.1) is 5.41 Å². The van der Waals surface area contributed by atoms with Crippen LogP contribution in [-0.2, 0) is 0 Å². The number of nitrogens with zero attached hydrogens (tertiary/aromatic N) is 1. The molecule has 1 aromatic heterocycles.